The zero-order chi connectivity index (χ0) is 7.61. The summed E-state index contributed by atoms with van der Waals surface area (Å²) in [6, 6.07) is 0. The predicted octanol–water partition coefficient (Wildman–Crippen LogP) is 1.62. The molecule has 0 aromatic carbocycles. The molecule has 0 N–H and O–H groups in total. The molecule has 1 rings (SSSR count). The van der Waals surface area contributed by atoms with Crippen LogP contribution in [0.3, 0.4) is 0 Å². The smallest absolute Gasteiger partial charge is 0.0906 e. The highest BCUT2D eigenvalue weighted by atomic mass is 127. The molecular formula is C7H13IO2. The summed E-state index contributed by atoms with van der Waals surface area (Å²) in [7, 11) is 0. The molecule has 0 bridgehead atoms. The van der Waals surface area contributed by atoms with Crippen molar-refractivity contribution in [2.45, 2.75) is 25.6 Å². The Morgan fingerprint density at radius 3 is 2.70 bits per heavy atom. The Morgan fingerprint density at radius 1 is 1.60 bits per heavy atom. The number of halogens is 1. The summed E-state index contributed by atoms with van der Waals surface area (Å²) in [5.41, 5.74) is -0.0753. The lowest BCUT2D eigenvalue weighted by atomic mass is 10.1. The fraction of sp³-hybridized carbons (Fsp3) is 1.00. The molecule has 1 heterocycles. The molecule has 0 saturated carbocycles. The lowest BCUT2D eigenvalue weighted by Crippen LogP contribution is -2.43. The minimum Gasteiger partial charge on any atom is -0.376 e. The highest BCUT2D eigenvalue weighted by molar-refractivity contribution is 14.1. The lowest BCUT2D eigenvalue weighted by molar-refractivity contribution is -0.173. The van der Waals surface area contributed by atoms with Gasteiger partial charge in [-0.2, -0.15) is 0 Å². The van der Waals surface area contributed by atoms with Crippen LogP contribution in [-0.4, -0.2) is 29.3 Å². The summed E-state index contributed by atoms with van der Waals surface area (Å²) in [5, 5.41) is 0. The second kappa shape index (κ2) is 3.36. The Kier molecular flexibility index (Phi) is 2.94. The number of ether oxygens (including phenoxy) is 2. The van der Waals surface area contributed by atoms with E-state index >= 15 is 0 Å². The van der Waals surface area contributed by atoms with Gasteiger partial charge in [-0.05, 0) is 13.8 Å². The first-order chi connectivity index (χ1) is 4.64. The predicted molar refractivity (Wildman–Crippen MR) is 48.7 cm³/mol. The first-order valence-corrected chi connectivity index (χ1v) is 4.98. The van der Waals surface area contributed by atoms with Gasteiger partial charge in [-0.1, -0.05) is 22.6 Å². The first kappa shape index (κ1) is 8.74. The maximum atomic E-state index is 5.69. The third-order valence-corrected chi connectivity index (χ3v) is 2.39. The largest absolute Gasteiger partial charge is 0.376 e. The van der Waals surface area contributed by atoms with E-state index in [4.69, 9.17) is 9.47 Å². The van der Waals surface area contributed by atoms with Gasteiger partial charge in [0.1, 0.15) is 0 Å². The molecule has 0 amide bonds. The average Bonchev–Trinajstić information content (AvgIpc) is 1.86. The molecule has 1 aliphatic rings. The molecule has 3 heteroatoms. The zero-order valence-electron chi connectivity index (χ0n) is 6.39. The van der Waals surface area contributed by atoms with Crippen molar-refractivity contribution in [3.63, 3.8) is 0 Å². The molecule has 0 aromatic rings. The van der Waals surface area contributed by atoms with E-state index in [9.17, 15) is 0 Å². The van der Waals surface area contributed by atoms with Crippen LogP contribution >= 0.6 is 22.6 Å². The molecule has 1 atom stereocenters. The molecule has 0 aliphatic carbocycles. The average molecular weight is 256 g/mol. The van der Waals surface area contributed by atoms with Crippen LogP contribution in [0.1, 0.15) is 13.8 Å². The van der Waals surface area contributed by atoms with Crippen molar-refractivity contribution in [2.24, 2.45) is 0 Å². The van der Waals surface area contributed by atoms with E-state index in [1.54, 1.807) is 0 Å². The topological polar surface area (TPSA) is 18.5 Å². The van der Waals surface area contributed by atoms with E-state index in [1.807, 2.05) is 0 Å². The second-order valence-corrected chi connectivity index (χ2v) is 4.05. The van der Waals surface area contributed by atoms with Gasteiger partial charge in [-0.15, -0.1) is 0 Å². The van der Waals surface area contributed by atoms with Gasteiger partial charge in [0.25, 0.3) is 0 Å². The van der Waals surface area contributed by atoms with Crippen molar-refractivity contribution < 1.29 is 9.47 Å². The standard InChI is InChI=1S/C7H13IO2/c1-7(2)5-9-4-6(3-8)10-7/h6H,3-5H2,1-2H3. The van der Waals surface area contributed by atoms with Gasteiger partial charge in [-0.3, -0.25) is 0 Å². The number of rotatable bonds is 1. The summed E-state index contributed by atoms with van der Waals surface area (Å²) in [5.74, 6) is 0. The van der Waals surface area contributed by atoms with Crippen molar-refractivity contribution in [1.29, 1.82) is 0 Å². The maximum absolute atomic E-state index is 5.69. The molecular weight excluding hydrogens is 243 g/mol. The minimum absolute atomic E-state index is 0.0753. The van der Waals surface area contributed by atoms with Gasteiger partial charge < -0.3 is 9.47 Å². The highest BCUT2D eigenvalue weighted by Gasteiger charge is 2.28. The van der Waals surface area contributed by atoms with Crippen LogP contribution < -0.4 is 0 Å². The van der Waals surface area contributed by atoms with Crippen LogP contribution in [-0.2, 0) is 9.47 Å². The number of alkyl halides is 1. The van der Waals surface area contributed by atoms with Crippen LogP contribution in [0.5, 0.6) is 0 Å². The third-order valence-electron chi connectivity index (χ3n) is 1.41. The fourth-order valence-corrected chi connectivity index (χ4v) is 1.47. The van der Waals surface area contributed by atoms with Crippen LogP contribution in [0.15, 0.2) is 0 Å². The third kappa shape index (κ3) is 2.36. The molecule has 1 aliphatic heterocycles. The second-order valence-electron chi connectivity index (χ2n) is 3.17. The monoisotopic (exact) mass is 256 g/mol. The van der Waals surface area contributed by atoms with E-state index in [2.05, 4.69) is 36.4 Å². The van der Waals surface area contributed by atoms with Crippen molar-refractivity contribution >= 4 is 22.6 Å². The molecule has 2 nitrogen and oxygen atoms in total. The summed E-state index contributed by atoms with van der Waals surface area (Å²) in [6.07, 6.45) is 0.296. The Morgan fingerprint density at radius 2 is 2.30 bits per heavy atom. The molecule has 1 fully saturated rings. The molecule has 60 valence electrons. The molecule has 1 saturated heterocycles. The van der Waals surface area contributed by atoms with Gasteiger partial charge in [0.05, 0.1) is 24.9 Å². The highest BCUT2D eigenvalue weighted by Crippen LogP contribution is 2.19. The van der Waals surface area contributed by atoms with Crippen molar-refractivity contribution in [1.82, 2.24) is 0 Å². The molecule has 10 heavy (non-hydrogen) atoms. The summed E-state index contributed by atoms with van der Waals surface area (Å²) >= 11 is 2.32. The van der Waals surface area contributed by atoms with Crippen molar-refractivity contribution in [3.8, 4) is 0 Å². The van der Waals surface area contributed by atoms with Crippen molar-refractivity contribution in [3.05, 3.63) is 0 Å². The first-order valence-electron chi connectivity index (χ1n) is 3.45. The number of hydrogen-bond acceptors (Lipinski definition) is 2. The Bertz CT molecular complexity index is 114. The van der Waals surface area contributed by atoms with Gasteiger partial charge in [-0.25, -0.2) is 0 Å². The fourth-order valence-electron chi connectivity index (χ4n) is 1.03. The molecule has 1 unspecified atom stereocenters. The summed E-state index contributed by atoms with van der Waals surface area (Å²) < 4.78 is 12.1. The molecule has 0 spiro atoms. The Hall–Kier alpha value is 0.650. The van der Waals surface area contributed by atoms with Crippen LogP contribution in [0, 0.1) is 0 Å². The quantitative estimate of drug-likeness (QED) is 0.524. The van der Waals surface area contributed by atoms with Crippen molar-refractivity contribution in [2.75, 3.05) is 17.6 Å². The summed E-state index contributed by atoms with van der Waals surface area (Å²) in [6.45, 7) is 5.60. The van der Waals surface area contributed by atoms with Crippen LogP contribution in [0.4, 0.5) is 0 Å². The summed E-state index contributed by atoms with van der Waals surface area (Å²) in [4.78, 5) is 0. The normalized spacial score (nSPS) is 32.1. The van der Waals surface area contributed by atoms with E-state index < -0.39 is 0 Å². The van der Waals surface area contributed by atoms with E-state index in [0.717, 1.165) is 17.6 Å². The van der Waals surface area contributed by atoms with Gasteiger partial charge >= 0.3 is 0 Å². The zero-order valence-corrected chi connectivity index (χ0v) is 8.55. The van der Waals surface area contributed by atoms with E-state index in [0.29, 0.717) is 6.10 Å². The Balaban J connectivity index is 2.40. The minimum atomic E-state index is -0.0753. The van der Waals surface area contributed by atoms with Gasteiger partial charge in [0, 0.05) is 4.43 Å². The SMILES string of the molecule is CC1(C)COCC(CI)O1. The van der Waals surface area contributed by atoms with Gasteiger partial charge in [0.2, 0.25) is 0 Å². The van der Waals surface area contributed by atoms with E-state index in [1.165, 1.54) is 0 Å². The molecule has 0 radical (unpaired) electrons. The van der Waals surface area contributed by atoms with E-state index in [-0.39, 0.29) is 5.60 Å². The number of hydrogen-bond donors (Lipinski definition) is 0. The lowest BCUT2D eigenvalue weighted by Gasteiger charge is -2.35. The molecule has 0 aromatic heterocycles. The maximum Gasteiger partial charge on any atom is 0.0906 e. The van der Waals surface area contributed by atoms with Gasteiger partial charge in [0.15, 0.2) is 0 Å². The van der Waals surface area contributed by atoms with Crippen LogP contribution in [0.25, 0.3) is 0 Å². The van der Waals surface area contributed by atoms with Crippen LogP contribution in [0.2, 0.25) is 0 Å². The Labute approximate surface area is 75.4 Å².